The third-order valence-corrected chi connectivity index (χ3v) is 3.70. The standard InChI is InChI=1S/C21H25NO4/c1-14-11-17(22-20(24)26-21(2,3)4)16(13-19(14)25-5)12-18(23)15-9-7-6-8-10-15/h6-11,13H,12H2,1-5H3,(H,22,24). The lowest BCUT2D eigenvalue weighted by Crippen LogP contribution is -2.27. The van der Waals surface area contributed by atoms with E-state index in [0.29, 0.717) is 22.6 Å². The highest BCUT2D eigenvalue weighted by molar-refractivity contribution is 5.99. The van der Waals surface area contributed by atoms with Gasteiger partial charge in [0.1, 0.15) is 11.4 Å². The van der Waals surface area contributed by atoms with Crippen molar-refractivity contribution in [2.24, 2.45) is 0 Å². The summed E-state index contributed by atoms with van der Waals surface area (Å²) in [5, 5.41) is 2.75. The van der Waals surface area contributed by atoms with Crippen LogP contribution in [-0.2, 0) is 11.2 Å². The molecule has 0 bridgehead atoms. The number of carbonyl (C=O) groups is 2. The van der Waals surface area contributed by atoms with Gasteiger partial charge in [0.2, 0.25) is 0 Å². The number of hydrogen-bond donors (Lipinski definition) is 1. The number of ketones is 1. The van der Waals surface area contributed by atoms with Gasteiger partial charge in [0.05, 0.1) is 7.11 Å². The van der Waals surface area contributed by atoms with Crippen molar-refractivity contribution in [1.82, 2.24) is 0 Å². The maximum atomic E-state index is 12.6. The van der Waals surface area contributed by atoms with Crippen molar-refractivity contribution < 1.29 is 19.1 Å². The third kappa shape index (κ3) is 5.34. The van der Waals surface area contributed by atoms with E-state index in [-0.39, 0.29) is 12.2 Å². The number of methoxy groups -OCH3 is 1. The quantitative estimate of drug-likeness (QED) is 0.784. The zero-order valence-corrected chi connectivity index (χ0v) is 15.9. The van der Waals surface area contributed by atoms with Gasteiger partial charge in [0.25, 0.3) is 0 Å². The van der Waals surface area contributed by atoms with Crippen LogP contribution in [0.1, 0.15) is 42.3 Å². The van der Waals surface area contributed by atoms with Crippen LogP contribution in [0.2, 0.25) is 0 Å². The van der Waals surface area contributed by atoms with Gasteiger partial charge in [0, 0.05) is 17.7 Å². The Kier molecular flexibility index (Phi) is 6.03. The molecule has 1 amide bonds. The summed E-state index contributed by atoms with van der Waals surface area (Å²) >= 11 is 0. The van der Waals surface area contributed by atoms with Gasteiger partial charge < -0.3 is 9.47 Å². The molecule has 26 heavy (non-hydrogen) atoms. The molecule has 2 aromatic rings. The molecular weight excluding hydrogens is 330 g/mol. The summed E-state index contributed by atoms with van der Waals surface area (Å²) in [5.41, 5.74) is 2.09. The Balaban J connectivity index is 2.30. The lowest BCUT2D eigenvalue weighted by Gasteiger charge is -2.21. The number of Topliss-reactive ketones (excluding diaryl/α,β-unsaturated/α-hetero) is 1. The number of rotatable bonds is 5. The highest BCUT2D eigenvalue weighted by Crippen LogP contribution is 2.28. The SMILES string of the molecule is COc1cc(CC(=O)c2ccccc2)c(NC(=O)OC(C)(C)C)cc1C. The molecule has 0 atom stereocenters. The zero-order valence-electron chi connectivity index (χ0n) is 15.9. The Morgan fingerprint density at radius 3 is 2.31 bits per heavy atom. The first-order valence-corrected chi connectivity index (χ1v) is 8.45. The number of anilines is 1. The highest BCUT2D eigenvalue weighted by atomic mass is 16.6. The number of nitrogens with one attached hydrogen (secondary N) is 1. The van der Waals surface area contributed by atoms with Gasteiger partial charge >= 0.3 is 6.09 Å². The fourth-order valence-corrected chi connectivity index (χ4v) is 2.53. The summed E-state index contributed by atoms with van der Waals surface area (Å²) in [7, 11) is 1.58. The summed E-state index contributed by atoms with van der Waals surface area (Å²) in [6, 6.07) is 12.6. The molecule has 0 unspecified atom stereocenters. The van der Waals surface area contributed by atoms with E-state index in [2.05, 4.69) is 5.32 Å². The van der Waals surface area contributed by atoms with E-state index in [9.17, 15) is 9.59 Å². The van der Waals surface area contributed by atoms with Crippen molar-refractivity contribution in [3.05, 3.63) is 59.2 Å². The van der Waals surface area contributed by atoms with Gasteiger partial charge in [-0.3, -0.25) is 10.1 Å². The van der Waals surface area contributed by atoms with Crippen LogP contribution in [0.25, 0.3) is 0 Å². The fraction of sp³-hybridized carbons (Fsp3) is 0.333. The van der Waals surface area contributed by atoms with E-state index in [0.717, 1.165) is 5.56 Å². The molecule has 0 aliphatic carbocycles. The number of ether oxygens (including phenoxy) is 2. The number of carbonyl (C=O) groups excluding carboxylic acids is 2. The zero-order chi connectivity index (χ0) is 19.3. The highest BCUT2D eigenvalue weighted by Gasteiger charge is 2.19. The Morgan fingerprint density at radius 1 is 1.08 bits per heavy atom. The normalized spacial score (nSPS) is 11.0. The topological polar surface area (TPSA) is 64.6 Å². The first kappa shape index (κ1) is 19.5. The molecule has 5 heteroatoms. The molecule has 0 spiro atoms. The maximum Gasteiger partial charge on any atom is 0.412 e. The molecule has 138 valence electrons. The average Bonchev–Trinajstić information content (AvgIpc) is 2.56. The number of aryl methyl sites for hydroxylation is 1. The third-order valence-electron chi connectivity index (χ3n) is 3.70. The Morgan fingerprint density at radius 2 is 1.73 bits per heavy atom. The van der Waals surface area contributed by atoms with Crippen molar-refractivity contribution in [2.45, 2.75) is 39.7 Å². The van der Waals surface area contributed by atoms with Crippen LogP contribution >= 0.6 is 0 Å². The summed E-state index contributed by atoms with van der Waals surface area (Å²) < 4.78 is 10.7. The van der Waals surface area contributed by atoms with Gasteiger partial charge in [-0.05, 0) is 51.0 Å². The molecule has 0 aromatic heterocycles. The molecule has 5 nitrogen and oxygen atoms in total. The Hall–Kier alpha value is -2.82. The number of benzene rings is 2. The van der Waals surface area contributed by atoms with Gasteiger partial charge in [-0.1, -0.05) is 30.3 Å². The van der Waals surface area contributed by atoms with Crippen LogP contribution in [0.4, 0.5) is 10.5 Å². The van der Waals surface area contributed by atoms with Gasteiger partial charge in [-0.25, -0.2) is 4.79 Å². The Labute approximate surface area is 154 Å². The number of amides is 1. The molecule has 2 rings (SSSR count). The van der Waals surface area contributed by atoms with Crippen molar-refractivity contribution in [3.8, 4) is 5.75 Å². The maximum absolute atomic E-state index is 12.6. The second-order valence-electron chi connectivity index (χ2n) is 7.07. The minimum absolute atomic E-state index is 0.0382. The first-order valence-electron chi connectivity index (χ1n) is 8.45. The molecule has 0 aliphatic heterocycles. The smallest absolute Gasteiger partial charge is 0.412 e. The van der Waals surface area contributed by atoms with Crippen LogP contribution < -0.4 is 10.1 Å². The van der Waals surface area contributed by atoms with Gasteiger partial charge in [-0.2, -0.15) is 0 Å². The van der Waals surface area contributed by atoms with Crippen LogP contribution in [0, 0.1) is 6.92 Å². The van der Waals surface area contributed by atoms with Crippen molar-refractivity contribution >= 4 is 17.6 Å². The second-order valence-corrected chi connectivity index (χ2v) is 7.07. The van der Waals surface area contributed by atoms with E-state index in [1.54, 1.807) is 52.1 Å². The van der Waals surface area contributed by atoms with Crippen LogP contribution in [0.15, 0.2) is 42.5 Å². The summed E-state index contributed by atoms with van der Waals surface area (Å²) in [5.74, 6) is 0.624. The van der Waals surface area contributed by atoms with Crippen LogP contribution in [-0.4, -0.2) is 24.6 Å². The molecule has 0 radical (unpaired) electrons. The molecule has 2 aromatic carbocycles. The van der Waals surface area contributed by atoms with Crippen molar-refractivity contribution in [1.29, 1.82) is 0 Å². The lowest BCUT2D eigenvalue weighted by atomic mass is 9.99. The Bertz CT molecular complexity index is 792. The van der Waals surface area contributed by atoms with Gasteiger partial charge in [-0.15, -0.1) is 0 Å². The van der Waals surface area contributed by atoms with E-state index in [1.165, 1.54) is 0 Å². The number of hydrogen-bond acceptors (Lipinski definition) is 4. The molecule has 0 fully saturated rings. The van der Waals surface area contributed by atoms with E-state index >= 15 is 0 Å². The van der Waals surface area contributed by atoms with E-state index < -0.39 is 11.7 Å². The molecule has 0 saturated carbocycles. The first-order chi connectivity index (χ1) is 12.2. The molecular formula is C21H25NO4. The largest absolute Gasteiger partial charge is 0.496 e. The van der Waals surface area contributed by atoms with E-state index in [1.807, 2.05) is 25.1 Å². The van der Waals surface area contributed by atoms with Crippen molar-refractivity contribution in [3.63, 3.8) is 0 Å². The predicted molar refractivity (Wildman–Crippen MR) is 102 cm³/mol. The minimum atomic E-state index is -0.606. The second kappa shape index (κ2) is 8.04. The molecule has 1 N–H and O–H groups in total. The van der Waals surface area contributed by atoms with E-state index in [4.69, 9.17) is 9.47 Å². The molecule has 0 aliphatic rings. The predicted octanol–water partition coefficient (Wildman–Crippen LogP) is 4.78. The summed E-state index contributed by atoms with van der Waals surface area (Å²) in [4.78, 5) is 24.7. The van der Waals surface area contributed by atoms with Gasteiger partial charge in [0.15, 0.2) is 5.78 Å². The van der Waals surface area contributed by atoms with Crippen LogP contribution in [0.5, 0.6) is 5.75 Å². The van der Waals surface area contributed by atoms with Crippen molar-refractivity contribution in [2.75, 3.05) is 12.4 Å². The summed E-state index contributed by atoms with van der Waals surface area (Å²) in [6.07, 6.45) is -0.415. The minimum Gasteiger partial charge on any atom is -0.496 e. The summed E-state index contributed by atoms with van der Waals surface area (Å²) in [6.45, 7) is 7.27. The monoisotopic (exact) mass is 355 g/mol. The van der Waals surface area contributed by atoms with Crippen LogP contribution in [0.3, 0.4) is 0 Å². The molecule has 0 heterocycles. The fourth-order valence-electron chi connectivity index (χ4n) is 2.53. The lowest BCUT2D eigenvalue weighted by molar-refractivity contribution is 0.0635. The molecule has 0 saturated heterocycles. The average molecular weight is 355 g/mol.